The first-order valence-electron chi connectivity index (χ1n) is 8.92. The van der Waals surface area contributed by atoms with Crippen molar-refractivity contribution < 1.29 is 5.11 Å². The van der Waals surface area contributed by atoms with Crippen LogP contribution in [0.15, 0.2) is 54.9 Å². The summed E-state index contributed by atoms with van der Waals surface area (Å²) in [6, 6.07) is 15.9. The molecule has 2 atom stereocenters. The second-order valence-electron chi connectivity index (χ2n) is 7.04. The third-order valence-corrected chi connectivity index (χ3v) is 5.53. The zero-order valence-electron chi connectivity index (χ0n) is 14.8. The molecule has 1 aromatic heterocycles. The number of aliphatic hydroxyl groups excluding tert-OH is 1. The van der Waals surface area contributed by atoms with Gasteiger partial charge < -0.3 is 15.0 Å². The maximum Gasteiger partial charge on any atom is 0.140 e. The summed E-state index contributed by atoms with van der Waals surface area (Å²) in [6.07, 6.45) is 5.88. The number of hydrogen-bond donors (Lipinski definition) is 2. The molecule has 0 spiro atoms. The molecule has 0 bridgehead atoms. The molecule has 2 heterocycles. The van der Waals surface area contributed by atoms with Crippen LogP contribution >= 0.6 is 24.8 Å². The minimum absolute atomic E-state index is 0. The van der Waals surface area contributed by atoms with Crippen LogP contribution < -0.4 is 5.32 Å². The predicted octanol–water partition coefficient (Wildman–Crippen LogP) is 3.86. The standard InChI is InChI=1S/C21H21N3O.2ClH/c25-13-17-11-18(12-23-17)24-8-7-22-21(24)15-5-6-20-16(10-15)9-14-3-1-2-4-19(14)20;;/h1-8,10,17-18,23,25H,9,11-13H2;2*1H/t17-,18+;;/m0../s1. The van der Waals surface area contributed by atoms with Gasteiger partial charge in [0.15, 0.2) is 0 Å². The van der Waals surface area contributed by atoms with Gasteiger partial charge in [-0.05, 0) is 41.2 Å². The van der Waals surface area contributed by atoms with Crippen LogP contribution in [0.1, 0.15) is 23.6 Å². The third kappa shape index (κ3) is 3.39. The molecule has 2 aromatic carbocycles. The van der Waals surface area contributed by atoms with Crippen molar-refractivity contribution in [3.05, 3.63) is 66.0 Å². The van der Waals surface area contributed by atoms with Crippen molar-refractivity contribution in [1.29, 1.82) is 0 Å². The van der Waals surface area contributed by atoms with E-state index >= 15 is 0 Å². The molecule has 1 fully saturated rings. The van der Waals surface area contributed by atoms with Crippen molar-refractivity contribution in [2.24, 2.45) is 0 Å². The van der Waals surface area contributed by atoms with Gasteiger partial charge in [0.25, 0.3) is 0 Å². The van der Waals surface area contributed by atoms with Crippen molar-refractivity contribution in [3.8, 4) is 22.5 Å². The Morgan fingerprint density at radius 3 is 2.70 bits per heavy atom. The first-order chi connectivity index (χ1) is 12.3. The minimum Gasteiger partial charge on any atom is -0.395 e. The highest BCUT2D eigenvalue weighted by Gasteiger charge is 2.27. The molecule has 0 radical (unpaired) electrons. The number of imidazole rings is 1. The lowest BCUT2D eigenvalue weighted by Gasteiger charge is -2.15. The minimum atomic E-state index is 0. The number of aliphatic hydroxyl groups is 1. The second-order valence-corrected chi connectivity index (χ2v) is 7.04. The Labute approximate surface area is 171 Å². The quantitative estimate of drug-likeness (QED) is 0.545. The van der Waals surface area contributed by atoms with Gasteiger partial charge in [-0.25, -0.2) is 4.98 Å². The highest BCUT2D eigenvalue weighted by Crippen LogP contribution is 2.38. The topological polar surface area (TPSA) is 50.1 Å². The lowest BCUT2D eigenvalue weighted by Crippen LogP contribution is -2.24. The number of fused-ring (bicyclic) bond motifs is 3. The number of nitrogens with zero attached hydrogens (tertiary/aromatic N) is 2. The lowest BCUT2D eigenvalue weighted by atomic mass is 10.0. The molecule has 1 saturated heterocycles. The van der Waals surface area contributed by atoms with E-state index < -0.39 is 0 Å². The fourth-order valence-electron chi connectivity index (χ4n) is 4.26. The lowest BCUT2D eigenvalue weighted by molar-refractivity contribution is 0.253. The van der Waals surface area contributed by atoms with E-state index in [1.807, 2.05) is 6.20 Å². The fourth-order valence-corrected chi connectivity index (χ4v) is 4.26. The molecule has 27 heavy (non-hydrogen) atoms. The van der Waals surface area contributed by atoms with Gasteiger partial charge in [0, 0.05) is 36.6 Å². The van der Waals surface area contributed by atoms with Crippen molar-refractivity contribution in [3.63, 3.8) is 0 Å². The van der Waals surface area contributed by atoms with E-state index in [-0.39, 0.29) is 37.5 Å². The van der Waals surface area contributed by atoms with Crippen LogP contribution in [0.3, 0.4) is 0 Å². The molecule has 6 heteroatoms. The van der Waals surface area contributed by atoms with Gasteiger partial charge in [0.1, 0.15) is 5.82 Å². The normalized spacial score (nSPS) is 19.7. The van der Waals surface area contributed by atoms with Crippen molar-refractivity contribution in [1.82, 2.24) is 14.9 Å². The zero-order chi connectivity index (χ0) is 16.8. The molecule has 142 valence electrons. The summed E-state index contributed by atoms with van der Waals surface area (Å²) in [4.78, 5) is 4.63. The van der Waals surface area contributed by atoms with Crippen molar-refractivity contribution in [2.45, 2.75) is 24.9 Å². The van der Waals surface area contributed by atoms with Crippen LogP contribution in [0.5, 0.6) is 0 Å². The maximum absolute atomic E-state index is 9.37. The zero-order valence-corrected chi connectivity index (χ0v) is 16.5. The Morgan fingerprint density at radius 1 is 1.07 bits per heavy atom. The monoisotopic (exact) mass is 403 g/mol. The third-order valence-electron chi connectivity index (χ3n) is 5.53. The molecule has 2 aliphatic rings. The first-order valence-corrected chi connectivity index (χ1v) is 8.92. The fraction of sp³-hybridized carbons (Fsp3) is 0.286. The van der Waals surface area contributed by atoms with Gasteiger partial charge in [0.2, 0.25) is 0 Å². The van der Waals surface area contributed by atoms with Gasteiger partial charge in [-0.15, -0.1) is 24.8 Å². The van der Waals surface area contributed by atoms with E-state index in [9.17, 15) is 5.11 Å². The van der Waals surface area contributed by atoms with Crippen LogP contribution in [0.2, 0.25) is 0 Å². The summed E-state index contributed by atoms with van der Waals surface area (Å²) in [5, 5.41) is 12.8. The summed E-state index contributed by atoms with van der Waals surface area (Å²) in [5.41, 5.74) is 6.66. The molecule has 0 amide bonds. The number of halogens is 2. The van der Waals surface area contributed by atoms with Crippen molar-refractivity contribution in [2.75, 3.05) is 13.2 Å². The summed E-state index contributed by atoms with van der Waals surface area (Å²) in [5.74, 6) is 1.02. The van der Waals surface area contributed by atoms with Crippen LogP contribution in [-0.4, -0.2) is 33.9 Å². The van der Waals surface area contributed by atoms with Crippen molar-refractivity contribution >= 4 is 24.8 Å². The molecule has 1 aliphatic carbocycles. The van der Waals surface area contributed by atoms with E-state index in [0.29, 0.717) is 6.04 Å². The Hall–Kier alpha value is -1.85. The first kappa shape index (κ1) is 19.9. The van der Waals surface area contributed by atoms with E-state index in [0.717, 1.165) is 25.2 Å². The van der Waals surface area contributed by atoms with Gasteiger partial charge in [-0.3, -0.25) is 0 Å². The largest absolute Gasteiger partial charge is 0.395 e. The summed E-state index contributed by atoms with van der Waals surface area (Å²) in [6.45, 7) is 1.07. The second kappa shape index (κ2) is 8.03. The van der Waals surface area contributed by atoms with Crippen LogP contribution in [0.4, 0.5) is 0 Å². The smallest absolute Gasteiger partial charge is 0.140 e. The van der Waals surface area contributed by atoms with Gasteiger partial charge in [-0.1, -0.05) is 36.4 Å². The molecule has 0 saturated carbocycles. The van der Waals surface area contributed by atoms with Gasteiger partial charge in [-0.2, -0.15) is 0 Å². The molecule has 1 aliphatic heterocycles. The van der Waals surface area contributed by atoms with Crippen LogP contribution in [0, 0.1) is 0 Å². The molecule has 2 N–H and O–H groups in total. The average Bonchev–Trinajstić information content (AvgIpc) is 3.37. The number of nitrogens with one attached hydrogen (secondary N) is 1. The Balaban J connectivity index is 0.00000105. The van der Waals surface area contributed by atoms with E-state index in [1.54, 1.807) is 0 Å². The highest BCUT2D eigenvalue weighted by molar-refractivity contribution is 5.85. The van der Waals surface area contributed by atoms with Crippen LogP contribution in [-0.2, 0) is 6.42 Å². The summed E-state index contributed by atoms with van der Waals surface area (Å²) < 4.78 is 2.26. The SMILES string of the molecule is Cl.Cl.OC[C@@H]1C[C@@H](n2ccnc2-c2ccc3c(c2)Cc2ccccc2-3)CN1. The summed E-state index contributed by atoms with van der Waals surface area (Å²) >= 11 is 0. The Bertz CT molecular complexity index is 941. The average molecular weight is 404 g/mol. The molecule has 4 nitrogen and oxygen atoms in total. The molecule has 5 rings (SSSR count). The number of hydrogen-bond acceptors (Lipinski definition) is 3. The Kier molecular flexibility index (Phi) is 5.92. The predicted molar refractivity (Wildman–Crippen MR) is 113 cm³/mol. The molecule has 3 aromatic rings. The number of benzene rings is 2. The van der Waals surface area contributed by atoms with Gasteiger partial charge in [0.05, 0.1) is 6.61 Å². The van der Waals surface area contributed by atoms with E-state index in [2.05, 4.69) is 63.5 Å². The molecule has 0 unspecified atom stereocenters. The molecular formula is C21H23Cl2N3O. The molecular weight excluding hydrogens is 381 g/mol. The highest BCUT2D eigenvalue weighted by atomic mass is 35.5. The van der Waals surface area contributed by atoms with Gasteiger partial charge >= 0.3 is 0 Å². The maximum atomic E-state index is 9.37. The Morgan fingerprint density at radius 2 is 1.89 bits per heavy atom. The number of rotatable bonds is 3. The van der Waals surface area contributed by atoms with E-state index in [1.165, 1.54) is 27.8 Å². The number of aromatic nitrogens is 2. The summed E-state index contributed by atoms with van der Waals surface area (Å²) in [7, 11) is 0. The van der Waals surface area contributed by atoms with E-state index in [4.69, 9.17) is 0 Å². The van der Waals surface area contributed by atoms with Crippen LogP contribution in [0.25, 0.3) is 22.5 Å².